The summed E-state index contributed by atoms with van der Waals surface area (Å²) >= 11 is 0. The second kappa shape index (κ2) is 11.3. The molecule has 1 unspecified atom stereocenters. The number of amides is 1. The Morgan fingerprint density at radius 2 is 1.37 bits per heavy atom. The Morgan fingerprint density at radius 3 is 1.91 bits per heavy atom. The number of hydrogen-bond acceptors (Lipinski definition) is 6. The molecule has 35 heavy (non-hydrogen) atoms. The molecule has 188 valence electrons. The van der Waals surface area contributed by atoms with Crippen LogP contribution in [0.15, 0.2) is 48.5 Å². The lowest BCUT2D eigenvalue weighted by molar-refractivity contribution is 0.0665. The molecule has 2 aliphatic rings. The first-order valence-electron chi connectivity index (χ1n) is 12.8. The van der Waals surface area contributed by atoms with E-state index in [0.29, 0.717) is 18.4 Å². The van der Waals surface area contributed by atoms with Gasteiger partial charge in [-0.2, -0.15) is 0 Å². The van der Waals surface area contributed by atoms with E-state index >= 15 is 0 Å². The van der Waals surface area contributed by atoms with Gasteiger partial charge in [0.1, 0.15) is 0 Å². The maximum atomic E-state index is 13.9. The number of Topliss-reactive ketones (excluding diaryl/α,β-unsaturated/α-hetero) is 1. The van der Waals surface area contributed by atoms with Crippen LogP contribution in [0.5, 0.6) is 0 Å². The van der Waals surface area contributed by atoms with E-state index in [2.05, 4.69) is 39.5 Å². The number of nitrogens with one attached hydrogen (secondary N) is 2. The predicted octanol–water partition coefficient (Wildman–Crippen LogP) is 2.28. The van der Waals surface area contributed by atoms with Gasteiger partial charge in [0.15, 0.2) is 5.78 Å². The standard InChI is InChI=1S/C28H39N5O2/c1-4-28(31(2)3,26(34)23-9-11-25(12-10-23)32-17-13-29-14-18-32)21-22-5-7-24(8-6-22)27(35)33-19-15-30-16-20-33/h5-12,29-30H,4,13-21H2,1-3H3. The first kappa shape index (κ1) is 25.4. The number of nitrogens with zero attached hydrogens (tertiary/aromatic N) is 3. The van der Waals surface area contributed by atoms with Gasteiger partial charge in [0.05, 0.1) is 5.54 Å². The molecule has 0 aliphatic carbocycles. The summed E-state index contributed by atoms with van der Waals surface area (Å²) in [5, 5.41) is 6.66. The molecule has 2 N–H and O–H groups in total. The van der Waals surface area contributed by atoms with Gasteiger partial charge >= 0.3 is 0 Å². The Balaban J connectivity index is 1.50. The van der Waals surface area contributed by atoms with Gasteiger partial charge in [-0.25, -0.2) is 0 Å². The Kier molecular flexibility index (Phi) is 8.21. The first-order valence-corrected chi connectivity index (χ1v) is 12.8. The number of benzene rings is 2. The van der Waals surface area contributed by atoms with Crippen LogP contribution in [0.1, 0.15) is 39.6 Å². The molecule has 1 atom stereocenters. The monoisotopic (exact) mass is 477 g/mol. The summed E-state index contributed by atoms with van der Waals surface area (Å²) in [5.74, 6) is 0.214. The number of carbonyl (C=O) groups is 2. The highest BCUT2D eigenvalue weighted by atomic mass is 16.2. The van der Waals surface area contributed by atoms with Crippen LogP contribution in [0.3, 0.4) is 0 Å². The van der Waals surface area contributed by atoms with Gasteiger partial charge in [0, 0.05) is 69.2 Å². The average Bonchev–Trinajstić information content (AvgIpc) is 2.92. The van der Waals surface area contributed by atoms with Crippen molar-refractivity contribution in [3.05, 3.63) is 65.2 Å². The van der Waals surface area contributed by atoms with Crippen molar-refractivity contribution in [2.24, 2.45) is 0 Å². The second-order valence-electron chi connectivity index (χ2n) is 9.81. The second-order valence-corrected chi connectivity index (χ2v) is 9.81. The smallest absolute Gasteiger partial charge is 0.253 e. The van der Waals surface area contributed by atoms with E-state index in [0.717, 1.165) is 63.5 Å². The minimum absolute atomic E-state index is 0.0769. The lowest BCUT2D eigenvalue weighted by atomic mass is 9.80. The molecule has 0 spiro atoms. The quantitative estimate of drug-likeness (QED) is 0.569. The van der Waals surface area contributed by atoms with E-state index in [1.54, 1.807) is 0 Å². The van der Waals surface area contributed by atoms with Crippen LogP contribution in [-0.2, 0) is 6.42 Å². The molecular weight excluding hydrogens is 438 g/mol. The zero-order valence-corrected chi connectivity index (χ0v) is 21.3. The van der Waals surface area contributed by atoms with E-state index in [4.69, 9.17) is 0 Å². The summed E-state index contributed by atoms with van der Waals surface area (Å²) in [6, 6.07) is 15.9. The van der Waals surface area contributed by atoms with Gasteiger partial charge in [0.2, 0.25) is 0 Å². The average molecular weight is 478 g/mol. The van der Waals surface area contributed by atoms with Crippen LogP contribution in [0.25, 0.3) is 0 Å². The highest BCUT2D eigenvalue weighted by Gasteiger charge is 2.39. The van der Waals surface area contributed by atoms with Gasteiger partial charge in [-0.1, -0.05) is 19.1 Å². The van der Waals surface area contributed by atoms with Crippen LogP contribution in [-0.4, -0.2) is 93.5 Å². The van der Waals surface area contributed by atoms with Crippen molar-refractivity contribution in [1.82, 2.24) is 20.4 Å². The molecule has 2 aromatic carbocycles. The number of likely N-dealkylation sites (N-methyl/N-ethyl adjacent to an activating group) is 1. The van der Waals surface area contributed by atoms with Gasteiger partial charge in [-0.05, 0) is 68.9 Å². The van der Waals surface area contributed by atoms with Crippen molar-refractivity contribution in [2.75, 3.05) is 71.4 Å². The molecule has 0 saturated carbocycles. The number of piperazine rings is 2. The summed E-state index contributed by atoms with van der Waals surface area (Å²) in [7, 11) is 3.97. The van der Waals surface area contributed by atoms with E-state index in [9.17, 15) is 9.59 Å². The summed E-state index contributed by atoms with van der Waals surface area (Å²) in [5.41, 5.74) is 3.02. The summed E-state index contributed by atoms with van der Waals surface area (Å²) in [4.78, 5) is 33.0. The van der Waals surface area contributed by atoms with E-state index in [1.165, 1.54) is 5.69 Å². The minimum atomic E-state index is -0.652. The number of ketones is 1. The first-order chi connectivity index (χ1) is 16.9. The molecule has 7 heteroatoms. The highest BCUT2D eigenvalue weighted by molar-refractivity contribution is 6.03. The van der Waals surface area contributed by atoms with Crippen molar-refractivity contribution in [1.29, 1.82) is 0 Å². The van der Waals surface area contributed by atoms with E-state index in [-0.39, 0.29) is 11.7 Å². The van der Waals surface area contributed by atoms with Crippen molar-refractivity contribution in [3.8, 4) is 0 Å². The molecule has 7 nitrogen and oxygen atoms in total. The highest BCUT2D eigenvalue weighted by Crippen LogP contribution is 2.29. The van der Waals surface area contributed by atoms with Crippen molar-refractivity contribution in [2.45, 2.75) is 25.3 Å². The third-order valence-corrected chi connectivity index (χ3v) is 7.58. The van der Waals surface area contributed by atoms with Gasteiger partial charge in [-0.3, -0.25) is 14.5 Å². The van der Waals surface area contributed by atoms with E-state index < -0.39 is 5.54 Å². The fourth-order valence-electron chi connectivity index (χ4n) is 5.21. The molecule has 2 aromatic rings. The lowest BCUT2D eigenvalue weighted by Crippen LogP contribution is -2.52. The number of carbonyl (C=O) groups excluding carboxylic acids is 2. The summed E-state index contributed by atoms with van der Waals surface area (Å²) < 4.78 is 0. The molecule has 0 aromatic heterocycles. The molecule has 0 radical (unpaired) electrons. The largest absolute Gasteiger partial charge is 0.369 e. The predicted molar refractivity (Wildman–Crippen MR) is 141 cm³/mol. The van der Waals surface area contributed by atoms with Crippen LogP contribution in [0, 0.1) is 0 Å². The van der Waals surface area contributed by atoms with Gasteiger partial charge in [-0.15, -0.1) is 0 Å². The molecule has 0 bridgehead atoms. The molecule has 2 fully saturated rings. The fraction of sp³-hybridized carbons (Fsp3) is 0.500. The van der Waals surface area contributed by atoms with Gasteiger partial charge in [0.25, 0.3) is 5.91 Å². The van der Waals surface area contributed by atoms with E-state index in [1.807, 2.05) is 55.4 Å². The minimum Gasteiger partial charge on any atom is -0.369 e. The molecule has 2 saturated heterocycles. The summed E-state index contributed by atoms with van der Waals surface area (Å²) in [6.45, 7) is 9.17. The zero-order valence-electron chi connectivity index (χ0n) is 21.3. The molecule has 4 rings (SSSR count). The maximum Gasteiger partial charge on any atom is 0.253 e. The third-order valence-electron chi connectivity index (χ3n) is 7.58. The Labute approximate surface area is 209 Å². The van der Waals surface area contributed by atoms with Crippen molar-refractivity contribution >= 4 is 17.4 Å². The zero-order chi connectivity index (χ0) is 24.8. The topological polar surface area (TPSA) is 67.9 Å². The summed E-state index contributed by atoms with van der Waals surface area (Å²) in [6.07, 6.45) is 1.29. The maximum absolute atomic E-state index is 13.9. The van der Waals surface area contributed by atoms with Crippen LogP contribution in [0.2, 0.25) is 0 Å². The van der Waals surface area contributed by atoms with Crippen molar-refractivity contribution < 1.29 is 9.59 Å². The van der Waals surface area contributed by atoms with Gasteiger partial charge < -0.3 is 20.4 Å². The SMILES string of the molecule is CCC(Cc1ccc(C(=O)N2CCNCC2)cc1)(C(=O)c1ccc(N2CCNCC2)cc1)N(C)C. The molecule has 1 amide bonds. The Morgan fingerprint density at radius 1 is 0.829 bits per heavy atom. The fourth-order valence-corrected chi connectivity index (χ4v) is 5.21. The lowest BCUT2D eigenvalue weighted by Gasteiger charge is -2.38. The third kappa shape index (κ3) is 5.58. The number of hydrogen-bond donors (Lipinski definition) is 2. The molecule has 2 heterocycles. The van der Waals surface area contributed by atoms with Crippen molar-refractivity contribution in [3.63, 3.8) is 0 Å². The normalized spacial score (nSPS) is 18.4. The number of anilines is 1. The number of rotatable bonds is 8. The molecular formula is C28H39N5O2. The van der Waals surface area contributed by atoms with Crippen LogP contribution >= 0.6 is 0 Å². The Bertz CT molecular complexity index is 993. The Hall–Kier alpha value is -2.74. The van der Waals surface area contributed by atoms with Crippen LogP contribution < -0.4 is 15.5 Å². The molecule has 2 aliphatic heterocycles. The van der Waals surface area contributed by atoms with Crippen LogP contribution in [0.4, 0.5) is 5.69 Å².